The average Bonchev–Trinajstić information content (AvgIpc) is 3.01. The Labute approximate surface area is 110 Å². The fraction of sp³-hybridized carbons (Fsp3) is 0.357. The highest BCUT2D eigenvalue weighted by atomic mass is 32.1. The normalized spacial score (nSPS) is 19.7. The number of thiophene rings is 1. The second-order valence-corrected chi connectivity index (χ2v) is 5.62. The van der Waals surface area contributed by atoms with Crippen LogP contribution < -0.4 is 0 Å². The average molecular weight is 261 g/mol. The molecule has 0 fully saturated rings. The van der Waals surface area contributed by atoms with Gasteiger partial charge in [0.1, 0.15) is 5.76 Å². The van der Waals surface area contributed by atoms with Gasteiger partial charge in [0, 0.05) is 17.5 Å². The molecule has 3 rings (SSSR count). The Kier molecular flexibility index (Phi) is 3.06. The van der Waals surface area contributed by atoms with E-state index >= 15 is 0 Å². The molecule has 1 unspecified atom stereocenters. The van der Waals surface area contributed by atoms with Gasteiger partial charge in [-0.15, -0.1) is 11.3 Å². The predicted octanol–water partition coefficient (Wildman–Crippen LogP) is 3.27. The summed E-state index contributed by atoms with van der Waals surface area (Å²) < 4.78 is 5.45. The van der Waals surface area contributed by atoms with Crippen molar-refractivity contribution < 1.29 is 9.21 Å². The molecule has 2 aromatic heterocycles. The summed E-state index contributed by atoms with van der Waals surface area (Å²) in [6.45, 7) is 4.05. The predicted molar refractivity (Wildman–Crippen MR) is 70.9 cm³/mol. The zero-order valence-electron chi connectivity index (χ0n) is 10.3. The van der Waals surface area contributed by atoms with Gasteiger partial charge in [0.2, 0.25) is 0 Å². The molecule has 1 atom stereocenters. The van der Waals surface area contributed by atoms with Crippen LogP contribution in [-0.2, 0) is 13.0 Å². The van der Waals surface area contributed by atoms with E-state index in [1.165, 1.54) is 10.4 Å². The molecule has 18 heavy (non-hydrogen) atoms. The van der Waals surface area contributed by atoms with Gasteiger partial charge in [0.05, 0.1) is 6.54 Å². The first-order valence-electron chi connectivity index (χ1n) is 6.12. The van der Waals surface area contributed by atoms with E-state index in [4.69, 9.17) is 4.42 Å². The number of nitrogens with zero attached hydrogens (tertiary/aromatic N) is 1. The first-order valence-corrected chi connectivity index (χ1v) is 7.00. The molecule has 2 aromatic rings. The van der Waals surface area contributed by atoms with Gasteiger partial charge < -0.3 is 4.42 Å². The summed E-state index contributed by atoms with van der Waals surface area (Å²) in [5.41, 5.74) is 1.44. The lowest BCUT2D eigenvalue weighted by atomic mass is 10.0. The lowest BCUT2D eigenvalue weighted by Gasteiger charge is -2.32. The van der Waals surface area contributed by atoms with Crippen molar-refractivity contribution in [2.24, 2.45) is 0 Å². The van der Waals surface area contributed by atoms with Crippen LogP contribution in [0.1, 0.15) is 39.7 Å². The summed E-state index contributed by atoms with van der Waals surface area (Å²) in [6, 6.07) is 6.26. The number of carbonyl (C=O) groups excluding carboxylic acids is 1. The maximum absolute atomic E-state index is 10.6. The maximum atomic E-state index is 10.6. The first-order chi connectivity index (χ1) is 8.78. The van der Waals surface area contributed by atoms with Crippen LogP contribution in [0.5, 0.6) is 0 Å². The lowest BCUT2D eigenvalue weighted by molar-refractivity contribution is 0.109. The molecule has 3 nitrogen and oxygen atoms in total. The third-order valence-corrected chi connectivity index (χ3v) is 4.56. The van der Waals surface area contributed by atoms with Crippen LogP contribution in [0.3, 0.4) is 0 Å². The summed E-state index contributed by atoms with van der Waals surface area (Å²) in [6.07, 6.45) is 1.86. The van der Waals surface area contributed by atoms with Gasteiger partial charge in [-0.1, -0.05) is 0 Å². The monoisotopic (exact) mass is 261 g/mol. The number of carbonyl (C=O) groups is 1. The molecule has 0 spiro atoms. The summed E-state index contributed by atoms with van der Waals surface area (Å²) in [4.78, 5) is 14.5. The second kappa shape index (κ2) is 4.71. The second-order valence-electron chi connectivity index (χ2n) is 4.62. The van der Waals surface area contributed by atoms with Crippen molar-refractivity contribution in [1.82, 2.24) is 4.90 Å². The van der Waals surface area contributed by atoms with E-state index in [1.807, 2.05) is 17.4 Å². The lowest BCUT2D eigenvalue weighted by Crippen LogP contribution is -2.32. The van der Waals surface area contributed by atoms with Crippen LogP contribution in [0.25, 0.3) is 0 Å². The van der Waals surface area contributed by atoms with Gasteiger partial charge in [0.15, 0.2) is 12.0 Å². The summed E-state index contributed by atoms with van der Waals surface area (Å²) >= 11 is 1.85. The van der Waals surface area contributed by atoms with E-state index < -0.39 is 0 Å². The van der Waals surface area contributed by atoms with Crippen LogP contribution in [-0.4, -0.2) is 17.7 Å². The molecule has 0 saturated carbocycles. The summed E-state index contributed by atoms with van der Waals surface area (Å²) in [5, 5.41) is 2.17. The van der Waals surface area contributed by atoms with Crippen molar-refractivity contribution in [2.75, 3.05) is 6.54 Å². The molecule has 4 heteroatoms. The highest BCUT2D eigenvalue weighted by Crippen LogP contribution is 2.33. The van der Waals surface area contributed by atoms with Crippen LogP contribution in [0.15, 0.2) is 28.0 Å². The third-order valence-electron chi connectivity index (χ3n) is 3.56. The molecule has 0 N–H and O–H groups in total. The van der Waals surface area contributed by atoms with Crippen molar-refractivity contribution in [1.29, 1.82) is 0 Å². The molecule has 0 aromatic carbocycles. The van der Waals surface area contributed by atoms with Crippen LogP contribution in [0.4, 0.5) is 0 Å². The van der Waals surface area contributed by atoms with E-state index in [0.717, 1.165) is 31.6 Å². The molecule has 1 aliphatic heterocycles. The Morgan fingerprint density at radius 2 is 2.39 bits per heavy atom. The van der Waals surface area contributed by atoms with Crippen molar-refractivity contribution in [2.45, 2.75) is 25.9 Å². The van der Waals surface area contributed by atoms with Gasteiger partial charge in [-0.05, 0) is 42.5 Å². The molecule has 0 aliphatic carbocycles. The molecule has 94 valence electrons. The number of hydrogen-bond acceptors (Lipinski definition) is 4. The van der Waals surface area contributed by atoms with E-state index in [9.17, 15) is 4.79 Å². The molecular formula is C14H15NO2S. The van der Waals surface area contributed by atoms with Crippen molar-refractivity contribution in [3.63, 3.8) is 0 Å². The minimum Gasteiger partial charge on any atom is -0.457 e. The smallest absolute Gasteiger partial charge is 0.185 e. The molecule has 3 heterocycles. The minimum atomic E-state index is 0.408. The Bertz CT molecular complexity index is 558. The van der Waals surface area contributed by atoms with E-state index in [1.54, 1.807) is 6.07 Å². The zero-order valence-corrected chi connectivity index (χ0v) is 11.1. The SMILES string of the molecule is CC1c2ccsc2CCN1Cc1ccc(C=O)o1. The Hall–Kier alpha value is -1.39. The van der Waals surface area contributed by atoms with Crippen LogP contribution >= 0.6 is 11.3 Å². The van der Waals surface area contributed by atoms with Gasteiger partial charge in [-0.2, -0.15) is 0 Å². The van der Waals surface area contributed by atoms with Crippen molar-refractivity contribution in [3.8, 4) is 0 Å². The van der Waals surface area contributed by atoms with Gasteiger partial charge in [-0.25, -0.2) is 0 Å². The number of furan rings is 1. The van der Waals surface area contributed by atoms with Crippen LogP contribution in [0, 0.1) is 0 Å². The molecule has 0 radical (unpaired) electrons. The summed E-state index contributed by atoms with van der Waals surface area (Å²) in [5.74, 6) is 1.27. The maximum Gasteiger partial charge on any atom is 0.185 e. The molecule has 0 bridgehead atoms. The Balaban J connectivity index is 1.76. The number of hydrogen-bond donors (Lipinski definition) is 0. The van der Waals surface area contributed by atoms with E-state index in [0.29, 0.717) is 11.8 Å². The third kappa shape index (κ3) is 2.02. The largest absolute Gasteiger partial charge is 0.457 e. The fourth-order valence-corrected chi connectivity index (χ4v) is 3.48. The number of aldehydes is 1. The molecule has 0 amide bonds. The molecule has 0 saturated heterocycles. The molecule has 1 aliphatic rings. The Morgan fingerprint density at radius 1 is 1.50 bits per heavy atom. The first kappa shape index (κ1) is 11.7. The van der Waals surface area contributed by atoms with Gasteiger partial charge >= 0.3 is 0 Å². The quantitative estimate of drug-likeness (QED) is 0.795. The highest BCUT2D eigenvalue weighted by Gasteiger charge is 2.25. The van der Waals surface area contributed by atoms with E-state index in [2.05, 4.69) is 23.3 Å². The van der Waals surface area contributed by atoms with E-state index in [-0.39, 0.29) is 0 Å². The van der Waals surface area contributed by atoms with Gasteiger partial charge in [-0.3, -0.25) is 9.69 Å². The van der Waals surface area contributed by atoms with Gasteiger partial charge in [0.25, 0.3) is 0 Å². The Morgan fingerprint density at radius 3 is 3.17 bits per heavy atom. The van der Waals surface area contributed by atoms with Crippen molar-refractivity contribution >= 4 is 17.6 Å². The zero-order chi connectivity index (χ0) is 12.5. The highest BCUT2D eigenvalue weighted by molar-refractivity contribution is 7.10. The molecular weight excluding hydrogens is 246 g/mol. The van der Waals surface area contributed by atoms with Crippen molar-refractivity contribution in [3.05, 3.63) is 45.5 Å². The summed E-state index contributed by atoms with van der Waals surface area (Å²) in [7, 11) is 0. The minimum absolute atomic E-state index is 0.408. The number of fused-ring (bicyclic) bond motifs is 1. The van der Waals surface area contributed by atoms with Crippen LogP contribution in [0.2, 0.25) is 0 Å². The number of rotatable bonds is 3. The fourth-order valence-electron chi connectivity index (χ4n) is 2.52. The topological polar surface area (TPSA) is 33.5 Å². The standard InChI is InChI=1S/C14H15NO2S/c1-10-13-5-7-18-14(13)4-6-15(10)8-11-2-3-12(9-16)17-11/h2-3,5,7,9-10H,4,6,8H2,1H3.